The van der Waals surface area contributed by atoms with Crippen molar-refractivity contribution in [3.05, 3.63) is 113 Å². The Bertz CT molecular complexity index is 3240. The molecule has 0 radical (unpaired) electrons. The number of carbonyl (C=O) groups is 4. The average molecular weight is 1080 g/mol. The normalized spacial score (nSPS) is 17.8. The fourth-order valence-electron chi connectivity index (χ4n) is 10.2. The maximum atomic E-state index is 15.7. The van der Waals surface area contributed by atoms with Crippen LogP contribution >= 0.6 is 23.1 Å². The summed E-state index contributed by atoms with van der Waals surface area (Å²) in [6.45, 7) is 8.25. The summed E-state index contributed by atoms with van der Waals surface area (Å²) in [5.74, 6) is -1.85. The number of nitrogens with zero attached hydrogens (tertiary/aromatic N) is 8. The number of ether oxygens (including phenoxy) is 1. The summed E-state index contributed by atoms with van der Waals surface area (Å²) in [7, 11) is 0.628. The highest BCUT2D eigenvalue weighted by molar-refractivity contribution is 9.10. The minimum absolute atomic E-state index is 0.00160. The van der Waals surface area contributed by atoms with Crippen molar-refractivity contribution in [1.29, 1.82) is 0 Å². The molecule has 3 saturated heterocycles. The van der Waals surface area contributed by atoms with Gasteiger partial charge in [-0.1, -0.05) is 24.3 Å². The molecule has 0 saturated carbocycles. The molecule has 3 N–H and O–H groups in total. The summed E-state index contributed by atoms with van der Waals surface area (Å²) >= 11 is 3.58. The van der Waals surface area contributed by atoms with Gasteiger partial charge in [-0.05, 0) is 96.4 Å². The second kappa shape index (κ2) is 20.1. The van der Waals surface area contributed by atoms with Crippen LogP contribution in [-0.4, -0.2) is 125 Å². The van der Waals surface area contributed by atoms with Gasteiger partial charge >= 0.3 is 0 Å². The first-order valence-corrected chi connectivity index (χ1v) is 27.4. The molecule has 0 spiro atoms. The molecule has 17 nitrogen and oxygen atoms in total. The highest BCUT2D eigenvalue weighted by atomic mass is 79.9. The number of nitrogens with one attached hydrogen (secondary N) is 3. The quantitative estimate of drug-likeness (QED) is 0.0752. The standard InChI is InChI=1S/C52H53BrF2N11O6P/c1-62-29-32(26-57-62)34-23-41(59-52-56-27-37(53)48(61-52)58-40-10-9-31(21-46(40)73(3,4)71)33-7-5-6-8-38(33)54)45(72-2)25-43(34)64-15-13-30(14-16-64)28-63-17-19-65(20-18-63)44-24-36-35(22-39(44)55)50(69)66(51(36)70)42-11-12-47(67)60-49(42)68/h5-10,21-27,29-30,42H,11-20,28H2,1-4H3,(H,60,67,68)(H2,56,58,59,61). The van der Waals surface area contributed by atoms with E-state index >= 15 is 4.39 Å². The molecule has 2 aromatic heterocycles. The first-order chi connectivity index (χ1) is 35.0. The molecule has 4 aromatic carbocycles. The number of aromatic nitrogens is 4. The topological polar surface area (TPSA) is 187 Å². The van der Waals surface area contributed by atoms with E-state index in [0.717, 1.165) is 60.3 Å². The number of fused-ring (bicyclic) bond motifs is 1. The van der Waals surface area contributed by atoms with Gasteiger partial charge in [0.15, 0.2) is 0 Å². The third kappa shape index (κ3) is 10.1. The molecule has 0 bridgehead atoms. The van der Waals surface area contributed by atoms with Crippen molar-refractivity contribution in [2.45, 2.75) is 31.7 Å². The van der Waals surface area contributed by atoms with Crippen LogP contribution < -0.4 is 35.8 Å². The van der Waals surface area contributed by atoms with Gasteiger partial charge in [-0.3, -0.25) is 39.0 Å². The van der Waals surface area contributed by atoms with Crippen molar-refractivity contribution >= 4 is 86.5 Å². The Morgan fingerprint density at radius 3 is 2.19 bits per heavy atom. The van der Waals surface area contributed by atoms with E-state index in [2.05, 4.69) is 51.8 Å². The molecule has 4 amide bonds. The number of rotatable bonds is 13. The number of hydrogen-bond acceptors (Lipinski definition) is 14. The molecule has 10 rings (SSSR count). The van der Waals surface area contributed by atoms with Crippen LogP contribution in [-0.2, 0) is 21.2 Å². The van der Waals surface area contributed by atoms with Crippen molar-refractivity contribution in [1.82, 2.24) is 34.9 Å². The molecule has 73 heavy (non-hydrogen) atoms. The van der Waals surface area contributed by atoms with E-state index in [0.29, 0.717) is 75.9 Å². The fourth-order valence-corrected chi connectivity index (χ4v) is 11.7. The zero-order valence-corrected chi connectivity index (χ0v) is 43.1. The van der Waals surface area contributed by atoms with Crippen LogP contribution in [0.2, 0.25) is 0 Å². The fraction of sp³-hybridized carbons (Fsp3) is 0.327. The number of benzene rings is 4. The summed E-state index contributed by atoms with van der Waals surface area (Å²) in [5, 5.41) is 13.9. The van der Waals surface area contributed by atoms with Gasteiger partial charge in [-0.15, -0.1) is 0 Å². The molecule has 4 aliphatic rings. The average Bonchev–Trinajstić information content (AvgIpc) is 3.91. The Balaban J connectivity index is 0.805. The largest absolute Gasteiger partial charge is 0.494 e. The summed E-state index contributed by atoms with van der Waals surface area (Å²) in [6, 6.07) is 17.3. The molecule has 378 valence electrons. The number of methoxy groups -OCH3 is 1. The van der Waals surface area contributed by atoms with E-state index in [1.807, 2.05) is 36.5 Å². The first-order valence-electron chi connectivity index (χ1n) is 24.0. The van der Waals surface area contributed by atoms with Gasteiger partial charge in [0.1, 0.15) is 36.4 Å². The van der Waals surface area contributed by atoms with Gasteiger partial charge < -0.3 is 29.7 Å². The van der Waals surface area contributed by atoms with Gasteiger partial charge in [0, 0.05) is 105 Å². The zero-order valence-electron chi connectivity index (χ0n) is 40.6. The van der Waals surface area contributed by atoms with E-state index < -0.39 is 42.6 Å². The monoisotopic (exact) mass is 1080 g/mol. The Hall–Kier alpha value is -7.02. The highest BCUT2D eigenvalue weighted by Crippen LogP contribution is 2.44. The number of piperazine rings is 1. The lowest BCUT2D eigenvalue weighted by molar-refractivity contribution is -0.136. The number of imide groups is 2. The minimum Gasteiger partial charge on any atom is -0.494 e. The van der Waals surface area contributed by atoms with Crippen LogP contribution in [0, 0.1) is 17.6 Å². The van der Waals surface area contributed by atoms with Crippen molar-refractivity contribution in [2.24, 2.45) is 13.0 Å². The number of piperidine rings is 2. The molecule has 1 unspecified atom stereocenters. The molecular weight excluding hydrogens is 1020 g/mol. The molecule has 1 atom stereocenters. The molecule has 4 aliphatic heterocycles. The number of anilines is 6. The zero-order chi connectivity index (χ0) is 51.3. The summed E-state index contributed by atoms with van der Waals surface area (Å²) < 4.78 is 52.4. The maximum absolute atomic E-state index is 15.7. The van der Waals surface area contributed by atoms with Crippen LogP contribution in [0.3, 0.4) is 0 Å². The van der Waals surface area contributed by atoms with Crippen LogP contribution in [0.25, 0.3) is 22.3 Å². The second-order valence-electron chi connectivity index (χ2n) is 19.2. The molecule has 3 fully saturated rings. The van der Waals surface area contributed by atoms with Gasteiger partial charge in [-0.25, -0.2) is 13.8 Å². The SMILES string of the molecule is COc1cc(N2CCC(CN3CCN(c4cc5c(cc4F)C(=O)N(C4CCC(=O)NC4=O)C5=O)CC3)CC2)c(-c2cnn(C)c2)cc1Nc1ncc(Br)c(Nc2ccc(-c3ccccc3F)cc2P(C)(C)=O)n1. The number of aryl methyl sites for hydroxylation is 1. The van der Waals surface area contributed by atoms with Crippen molar-refractivity contribution in [3.8, 4) is 28.0 Å². The highest BCUT2D eigenvalue weighted by Gasteiger charge is 2.45. The van der Waals surface area contributed by atoms with Crippen LogP contribution in [0.4, 0.5) is 43.3 Å². The smallest absolute Gasteiger partial charge is 0.262 e. The van der Waals surface area contributed by atoms with Gasteiger partial charge in [0.05, 0.1) is 46.0 Å². The van der Waals surface area contributed by atoms with Gasteiger partial charge in [-0.2, -0.15) is 10.1 Å². The Morgan fingerprint density at radius 2 is 1.51 bits per heavy atom. The third-order valence-corrected chi connectivity index (χ3v) is 16.1. The lowest BCUT2D eigenvalue weighted by Crippen LogP contribution is -2.54. The van der Waals surface area contributed by atoms with Gasteiger partial charge in [0.25, 0.3) is 11.8 Å². The molecular formula is C52H53BrF2N11O6P. The second-order valence-corrected chi connectivity index (χ2v) is 23.2. The minimum atomic E-state index is -2.87. The maximum Gasteiger partial charge on any atom is 0.262 e. The van der Waals surface area contributed by atoms with Crippen molar-refractivity contribution in [3.63, 3.8) is 0 Å². The van der Waals surface area contributed by atoms with E-state index in [1.54, 1.807) is 67.7 Å². The number of amides is 4. The lowest BCUT2D eigenvalue weighted by Gasteiger charge is -2.40. The first kappa shape index (κ1) is 49.6. The lowest BCUT2D eigenvalue weighted by atomic mass is 9.94. The summed E-state index contributed by atoms with van der Waals surface area (Å²) in [6.07, 6.45) is 7.33. The Kier molecular flexibility index (Phi) is 13.7. The van der Waals surface area contributed by atoms with Crippen LogP contribution in [0.5, 0.6) is 5.75 Å². The molecule has 6 heterocycles. The molecule has 21 heteroatoms. The van der Waals surface area contributed by atoms with Crippen molar-refractivity contribution in [2.75, 3.05) is 86.7 Å². The predicted octanol–water partition coefficient (Wildman–Crippen LogP) is 7.77. The molecule has 6 aromatic rings. The molecule has 0 aliphatic carbocycles. The van der Waals surface area contributed by atoms with Crippen molar-refractivity contribution < 1.29 is 37.3 Å². The van der Waals surface area contributed by atoms with E-state index in [1.165, 1.54) is 12.1 Å². The van der Waals surface area contributed by atoms with Gasteiger partial charge in [0.2, 0.25) is 17.8 Å². The van der Waals surface area contributed by atoms with E-state index in [4.69, 9.17) is 9.72 Å². The number of hydrogen-bond donors (Lipinski definition) is 3. The summed E-state index contributed by atoms with van der Waals surface area (Å²) in [5.41, 5.74) is 5.29. The summed E-state index contributed by atoms with van der Waals surface area (Å²) in [4.78, 5) is 67.9. The number of carbonyl (C=O) groups excluding carboxylic acids is 4. The van der Waals surface area contributed by atoms with Crippen LogP contribution in [0.1, 0.15) is 46.4 Å². The Labute approximate surface area is 428 Å². The van der Waals surface area contributed by atoms with Crippen LogP contribution in [0.15, 0.2) is 89.8 Å². The Morgan fingerprint density at radius 1 is 0.781 bits per heavy atom. The number of halogens is 3. The third-order valence-electron chi connectivity index (χ3n) is 14.0. The van der Waals surface area contributed by atoms with E-state index in [9.17, 15) is 28.1 Å². The van der Waals surface area contributed by atoms with E-state index in [-0.39, 0.29) is 41.4 Å². The predicted molar refractivity (Wildman–Crippen MR) is 279 cm³/mol.